The van der Waals surface area contributed by atoms with Gasteiger partial charge in [0.15, 0.2) is 11.6 Å². The number of benzene rings is 1. The summed E-state index contributed by atoms with van der Waals surface area (Å²) in [6.07, 6.45) is 2.35. The fourth-order valence-corrected chi connectivity index (χ4v) is 5.86. The monoisotopic (exact) mass is 443 g/mol. The van der Waals surface area contributed by atoms with Crippen LogP contribution in [0.15, 0.2) is 35.2 Å². The molecule has 166 valence electrons. The first-order valence-corrected chi connectivity index (χ1v) is 12.2. The molecule has 1 aromatic heterocycles. The third kappa shape index (κ3) is 4.37. The highest BCUT2D eigenvalue weighted by atomic mass is 32.2. The summed E-state index contributed by atoms with van der Waals surface area (Å²) in [7, 11) is -3.67. The van der Waals surface area contributed by atoms with Crippen molar-refractivity contribution >= 4 is 21.6 Å². The van der Waals surface area contributed by atoms with Crippen molar-refractivity contribution in [2.45, 2.75) is 44.6 Å². The average Bonchev–Trinajstić information content (AvgIpc) is 3.52. The van der Waals surface area contributed by atoms with Gasteiger partial charge in [0, 0.05) is 54.7 Å². The van der Waals surface area contributed by atoms with Gasteiger partial charge in [0.25, 0.3) is 0 Å². The molecule has 1 saturated carbocycles. The lowest BCUT2D eigenvalue weighted by molar-refractivity contribution is 0.0900. The molecular formula is C23H29N3O4S. The fourth-order valence-electron chi connectivity index (χ4n) is 4.39. The summed E-state index contributed by atoms with van der Waals surface area (Å²) in [6, 6.07) is 8.69. The Morgan fingerprint density at radius 1 is 1.03 bits per heavy atom. The molecule has 2 aromatic rings. The van der Waals surface area contributed by atoms with Crippen LogP contribution in [0.1, 0.15) is 57.9 Å². The molecule has 7 nitrogen and oxygen atoms in total. The van der Waals surface area contributed by atoms with Gasteiger partial charge in [0.1, 0.15) is 0 Å². The first-order valence-electron chi connectivity index (χ1n) is 10.7. The van der Waals surface area contributed by atoms with Crippen LogP contribution < -0.4 is 0 Å². The Labute approximate surface area is 183 Å². The van der Waals surface area contributed by atoms with Crippen LogP contribution in [-0.2, 0) is 10.0 Å². The largest absolute Gasteiger partial charge is 0.345 e. The first kappa shape index (κ1) is 21.9. The normalized spacial score (nSPS) is 18.3. The van der Waals surface area contributed by atoms with E-state index in [-0.39, 0.29) is 16.5 Å². The third-order valence-corrected chi connectivity index (χ3v) is 8.17. The Hall–Kier alpha value is -2.29. The Bertz CT molecular complexity index is 1120. The Kier molecular flexibility index (Phi) is 5.89. The zero-order chi connectivity index (χ0) is 22.3. The molecule has 1 aromatic carbocycles. The van der Waals surface area contributed by atoms with Crippen molar-refractivity contribution in [1.29, 1.82) is 0 Å². The number of hydrogen-bond acceptors (Lipinski definition) is 5. The van der Waals surface area contributed by atoms with Crippen molar-refractivity contribution in [3.05, 3.63) is 52.8 Å². The Morgan fingerprint density at radius 2 is 1.71 bits per heavy atom. The summed E-state index contributed by atoms with van der Waals surface area (Å²) < 4.78 is 29.7. The second kappa shape index (κ2) is 8.33. The van der Waals surface area contributed by atoms with Crippen molar-refractivity contribution in [3.63, 3.8) is 0 Å². The molecule has 1 saturated heterocycles. The molecule has 0 radical (unpaired) electrons. The zero-order valence-corrected chi connectivity index (χ0v) is 19.1. The van der Waals surface area contributed by atoms with Gasteiger partial charge in [-0.1, -0.05) is 12.1 Å². The van der Waals surface area contributed by atoms with Gasteiger partial charge in [-0.3, -0.25) is 14.5 Å². The van der Waals surface area contributed by atoms with E-state index in [1.807, 2.05) is 24.8 Å². The number of piperazine rings is 1. The lowest BCUT2D eigenvalue weighted by Crippen LogP contribution is -2.49. The van der Waals surface area contributed by atoms with E-state index in [9.17, 15) is 18.0 Å². The van der Waals surface area contributed by atoms with E-state index in [1.165, 1.54) is 36.2 Å². The first-order chi connectivity index (χ1) is 14.7. The molecule has 8 heteroatoms. The van der Waals surface area contributed by atoms with Gasteiger partial charge in [-0.05, 0) is 51.8 Å². The molecule has 0 N–H and O–H groups in total. The smallest absolute Gasteiger partial charge is 0.243 e. The number of carbonyl (C=O) groups is 2. The molecule has 2 aliphatic rings. The standard InChI is InChI=1S/C23H29N3O4S/c1-16-13-22(17(2)26(16)20-7-8-20)23(28)15-24-9-11-25(12-10-24)31(29,30)21-6-4-5-19(14-21)18(3)27/h4-6,13-14,20H,7-12,15H2,1-3H3. The van der Waals surface area contributed by atoms with Crippen molar-refractivity contribution in [2.24, 2.45) is 0 Å². The molecule has 0 spiro atoms. The molecule has 4 rings (SSSR count). The van der Waals surface area contributed by atoms with Gasteiger partial charge >= 0.3 is 0 Å². The second-order valence-corrected chi connectivity index (χ2v) is 10.5. The molecule has 2 heterocycles. The number of carbonyl (C=O) groups excluding carboxylic acids is 2. The van der Waals surface area contributed by atoms with Crippen LogP contribution in [-0.4, -0.2) is 66.5 Å². The molecule has 0 unspecified atom stereocenters. The van der Waals surface area contributed by atoms with Crippen molar-refractivity contribution in [2.75, 3.05) is 32.7 Å². The van der Waals surface area contributed by atoms with E-state index in [1.54, 1.807) is 12.1 Å². The molecule has 0 atom stereocenters. The zero-order valence-electron chi connectivity index (χ0n) is 18.3. The van der Waals surface area contributed by atoms with Crippen LogP contribution in [0.4, 0.5) is 0 Å². The quantitative estimate of drug-likeness (QED) is 0.615. The van der Waals surface area contributed by atoms with E-state index in [0.29, 0.717) is 44.3 Å². The van der Waals surface area contributed by atoms with E-state index < -0.39 is 10.0 Å². The summed E-state index contributed by atoms with van der Waals surface area (Å²) in [4.78, 5) is 26.7. The van der Waals surface area contributed by atoms with Gasteiger partial charge in [-0.25, -0.2) is 8.42 Å². The number of ketones is 2. The number of nitrogens with zero attached hydrogens (tertiary/aromatic N) is 3. The molecule has 1 aliphatic heterocycles. The number of hydrogen-bond donors (Lipinski definition) is 0. The van der Waals surface area contributed by atoms with Crippen molar-refractivity contribution in [3.8, 4) is 0 Å². The van der Waals surface area contributed by atoms with Crippen LogP contribution in [0.2, 0.25) is 0 Å². The minimum absolute atomic E-state index is 0.0884. The lowest BCUT2D eigenvalue weighted by Gasteiger charge is -2.33. The maximum atomic E-state index is 13.0. The van der Waals surface area contributed by atoms with E-state index in [0.717, 1.165) is 17.0 Å². The van der Waals surface area contributed by atoms with Crippen LogP contribution in [0.3, 0.4) is 0 Å². The molecule has 0 bridgehead atoms. The van der Waals surface area contributed by atoms with Crippen LogP contribution in [0.5, 0.6) is 0 Å². The maximum absolute atomic E-state index is 13.0. The molecule has 2 fully saturated rings. The summed E-state index contributed by atoms with van der Waals surface area (Å²) in [5.74, 6) is -0.0769. The average molecular weight is 444 g/mol. The number of Topliss-reactive ketones (excluding diaryl/α,β-unsaturated/α-hetero) is 2. The minimum atomic E-state index is -3.67. The number of aromatic nitrogens is 1. The van der Waals surface area contributed by atoms with Crippen LogP contribution in [0, 0.1) is 13.8 Å². The Balaban J connectivity index is 1.40. The number of aryl methyl sites for hydroxylation is 1. The van der Waals surface area contributed by atoms with E-state index in [2.05, 4.69) is 4.57 Å². The van der Waals surface area contributed by atoms with Gasteiger partial charge in [-0.2, -0.15) is 4.31 Å². The third-order valence-electron chi connectivity index (χ3n) is 6.27. The van der Waals surface area contributed by atoms with Gasteiger partial charge in [-0.15, -0.1) is 0 Å². The number of sulfonamides is 1. The van der Waals surface area contributed by atoms with Gasteiger partial charge in [0.2, 0.25) is 10.0 Å². The minimum Gasteiger partial charge on any atom is -0.345 e. The maximum Gasteiger partial charge on any atom is 0.243 e. The highest BCUT2D eigenvalue weighted by Crippen LogP contribution is 2.38. The highest BCUT2D eigenvalue weighted by Gasteiger charge is 2.31. The fraction of sp³-hybridized carbons (Fsp3) is 0.478. The molecule has 31 heavy (non-hydrogen) atoms. The molecule has 0 amide bonds. The predicted molar refractivity (Wildman–Crippen MR) is 118 cm³/mol. The summed E-state index contributed by atoms with van der Waals surface area (Å²) in [5.41, 5.74) is 3.33. The summed E-state index contributed by atoms with van der Waals surface area (Å²) >= 11 is 0. The summed E-state index contributed by atoms with van der Waals surface area (Å²) in [6.45, 7) is 7.41. The van der Waals surface area contributed by atoms with Gasteiger partial charge in [0.05, 0.1) is 11.4 Å². The highest BCUT2D eigenvalue weighted by molar-refractivity contribution is 7.89. The Morgan fingerprint density at radius 3 is 2.32 bits per heavy atom. The summed E-state index contributed by atoms with van der Waals surface area (Å²) in [5, 5.41) is 0. The number of rotatable bonds is 7. The van der Waals surface area contributed by atoms with Crippen LogP contribution in [0.25, 0.3) is 0 Å². The van der Waals surface area contributed by atoms with Crippen LogP contribution >= 0.6 is 0 Å². The second-order valence-electron chi connectivity index (χ2n) is 8.57. The SMILES string of the molecule is CC(=O)c1cccc(S(=O)(=O)N2CCN(CC(=O)c3cc(C)n(C4CC4)c3C)CC2)c1. The predicted octanol–water partition coefficient (Wildman–Crippen LogP) is 2.83. The van der Waals surface area contributed by atoms with Gasteiger partial charge < -0.3 is 4.57 Å². The molecule has 1 aliphatic carbocycles. The molecular weight excluding hydrogens is 414 g/mol. The van der Waals surface area contributed by atoms with Crippen molar-refractivity contribution < 1.29 is 18.0 Å². The van der Waals surface area contributed by atoms with E-state index in [4.69, 9.17) is 0 Å². The lowest BCUT2D eigenvalue weighted by atomic mass is 10.1. The topological polar surface area (TPSA) is 79.7 Å². The van der Waals surface area contributed by atoms with E-state index >= 15 is 0 Å². The van der Waals surface area contributed by atoms with Crippen molar-refractivity contribution in [1.82, 2.24) is 13.8 Å².